The lowest BCUT2D eigenvalue weighted by Crippen LogP contribution is -2.51. The van der Waals surface area contributed by atoms with Gasteiger partial charge in [-0.2, -0.15) is 0 Å². The molecule has 1 aromatic carbocycles. The Bertz CT molecular complexity index is 562. The number of piperazine rings is 1. The van der Waals surface area contributed by atoms with Crippen LogP contribution in [0.1, 0.15) is 0 Å². The Morgan fingerprint density at radius 1 is 1.25 bits per heavy atom. The molecule has 2 fully saturated rings. The van der Waals surface area contributed by atoms with E-state index in [4.69, 9.17) is 0 Å². The van der Waals surface area contributed by atoms with Crippen molar-refractivity contribution in [1.29, 1.82) is 0 Å². The number of hydrogen-bond donors (Lipinski definition) is 1. The van der Waals surface area contributed by atoms with Crippen LogP contribution in [0.25, 0.3) is 0 Å². The van der Waals surface area contributed by atoms with Gasteiger partial charge in [-0.1, -0.05) is 0 Å². The molecule has 0 radical (unpaired) electrons. The third kappa shape index (κ3) is 1.81. The number of nitro benzene ring substituents is 1. The van der Waals surface area contributed by atoms with Crippen LogP contribution in [0.4, 0.5) is 16.2 Å². The van der Waals surface area contributed by atoms with Gasteiger partial charge in [-0.05, 0) is 12.1 Å². The summed E-state index contributed by atoms with van der Waals surface area (Å²) in [5.41, 5.74) is 0.284. The van der Waals surface area contributed by atoms with Crippen LogP contribution in [0.5, 0.6) is 0 Å². The molecule has 1 atom stereocenters. The lowest BCUT2D eigenvalue weighted by Gasteiger charge is -2.26. The fraction of sp³-hybridized carbons (Fsp3) is 0.333. The van der Waals surface area contributed by atoms with Crippen LogP contribution in [0.2, 0.25) is 0 Å². The molecule has 0 bridgehead atoms. The van der Waals surface area contributed by atoms with Crippen LogP contribution in [0, 0.1) is 10.1 Å². The van der Waals surface area contributed by atoms with E-state index >= 15 is 0 Å². The van der Waals surface area contributed by atoms with Crippen LogP contribution in [0.3, 0.4) is 0 Å². The average Bonchev–Trinajstić information content (AvgIpc) is 2.72. The first kappa shape index (κ1) is 12.5. The summed E-state index contributed by atoms with van der Waals surface area (Å²) in [6.45, 7) is 1.58. The van der Waals surface area contributed by atoms with Crippen LogP contribution in [-0.2, 0) is 4.79 Å². The van der Waals surface area contributed by atoms with Crippen molar-refractivity contribution < 1.29 is 14.5 Å². The second kappa shape index (κ2) is 4.57. The van der Waals surface area contributed by atoms with E-state index in [9.17, 15) is 19.7 Å². The van der Waals surface area contributed by atoms with Crippen molar-refractivity contribution in [3.8, 4) is 0 Å². The molecular formula is C12H12N4O4. The lowest BCUT2D eigenvalue weighted by molar-refractivity contribution is -0.384. The second-order valence-electron chi connectivity index (χ2n) is 4.64. The summed E-state index contributed by atoms with van der Waals surface area (Å²) in [4.78, 5) is 37.2. The molecule has 3 rings (SSSR count). The van der Waals surface area contributed by atoms with Crippen molar-refractivity contribution in [1.82, 2.24) is 10.2 Å². The minimum Gasteiger partial charge on any atom is -0.312 e. The molecule has 1 unspecified atom stereocenters. The number of anilines is 1. The Hall–Kier alpha value is -2.48. The van der Waals surface area contributed by atoms with E-state index in [1.54, 1.807) is 0 Å². The number of carbonyl (C=O) groups is 2. The summed E-state index contributed by atoms with van der Waals surface area (Å²) in [6, 6.07) is 4.55. The van der Waals surface area contributed by atoms with Crippen LogP contribution in [-0.4, -0.2) is 47.4 Å². The fourth-order valence-electron chi connectivity index (χ4n) is 2.49. The zero-order chi connectivity index (χ0) is 14.3. The lowest BCUT2D eigenvalue weighted by atomic mass is 10.2. The number of nitro groups is 1. The quantitative estimate of drug-likeness (QED) is 0.477. The first-order valence-electron chi connectivity index (χ1n) is 6.19. The predicted molar refractivity (Wildman–Crippen MR) is 69.3 cm³/mol. The number of amides is 3. The highest BCUT2D eigenvalue weighted by atomic mass is 16.6. The van der Waals surface area contributed by atoms with Crippen LogP contribution in [0.15, 0.2) is 24.3 Å². The molecule has 0 saturated carbocycles. The average molecular weight is 276 g/mol. The summed E-state index contributed by atoms with van der Waals surface area (Å²) in [5.74, 6) is -0.295. The van der Waals surface area contributed by atoms with Crippen molar-refractivity contribution in [3.05, 3.63) is 34.4 Å². The van der Waals surface area contributed by atoms with E-state index in [0.29, 0.717) is 25.3 Å². The number of non-ortho nitro benzene ring substituents is 1. The molecule has 20 heavy (non-hydrogen) atoms. The Morgan fingerprint density at radius 2 is 1.95 bits per heavy atom. The monoisotopic (exact) mass is 276 g/mol. The van der Waals surface area contributed by atoms with E-state index in [-0.39, 0.29) is 17.6 Å². The summed E-state index contributed by atoms with van der Waals surface area (Å²) in [5, 5.41) is 13.7. The van der Waals surface area contributed by atoms with Gasteiger partial charge in [0, 0.05) is 31.8 Å². The standard InChI is InChI=1S/C12H12N4O4/c17-11-10-7-13-5-6-14(10)12(18)15(11)8-1-3-9(4-2-8)16(19)20/h1-4,10,13H,5-7H2. The smallest absolute Gasteiger partial charge is 0.312 e. The van der Waals surface area contributed by atoms with Crippen molar-refractivity contribution in [3.63, 3.8) is 0 Å². The Kier molecular flexibility index (Phi) is 2.87. The maximum Gasteiger partial charge on any atom is 0.332 e. The van der Waals surface area contributed by atoms with Gasteiger partial charge in [-0.25, -0.2) is 9.69 Å². The van der Waals surface area contributed by atoms with Gasteiger partial charge >= 0.3 is 6.03 Å². The number of urea groups is 1. The zero-order valence-corrected chi connectivity index (χ0v) is 10.5. The number of benzene rings is 1. The first-order chi connectivity index (χ1) is 9.59. The van der Waals surface area contributed by atoms with E-state index in [0.717, 1.165) is 4.90 Å². The molecule has 8 nitrogen and oxygen atoms in total. The third-order valence-corrected chi connectivity index (χ3v) is 3.50. The SMILES string of the molecule is O=C1C2CNCCN2C(=O)N1c1ccc([N+](=O)[O-])cc1. The van der Waals surface area contributed by atoms with E-state index in [2.05, 4.69) is 5.32 Å². The molecule has 2 heterocycles. The van der Waals surface area contributed by atoms with Crippen molar-refractivity contribution in [2.75, 3.05) is 24.5 Å². The van der Waals surface area contributed by atoms with Crippen LogP contribution >= 0.6 is 0 Å². The molecule has 1 aromatic rings. The molecule has 0 aromatic heterocycles. The topological polar surface area (TPSA) is 95.8 Å². The Balaban J connectivity index is 1.91. The maximum atomic E-state index is 12.3. The number of fused-ring (bicyclic) bond motifs is 1. The van der Waals surface area contributed by atoms with E-state index < -0.39 is 11.0 Å². The van der Waals surface area contributed by atoms with E-state index in [1.807, 2.05) is 0 Å². The number of nitrogens with zero attached hydrogens (tertiary/aromatic N) is 3. The van der Waals surface area contributed by atoms with Crippen LogP contribution < -0.4 is 10.2 Å². The van der Waals surface area contributed by atoms with Gasteiger partial charge in [0.2, 0.25) is 0 Å². The van der Waals surface area contributed by atoms with Gasteiger partial charge in [-0.15, -0.1) is 0 Å². The zero-order valence-electron chi connectivity index (χ0n) is 10.5. The van der Waals surface area contributed by atoms with Gasteiger partial charge < -0.3 is 10.2 Å². The number of carbonyl (C=O) groups excluding carboxylic acids is 2. The predicted octanol–water partition coefficient (Wildman–Crippen LogP) is 0.335. The van der Waals surface area contributed by atoms with Crippen molar-refractivity contribution in [2.24, 2.45) is 0 Å². The normalized spacial score (nSPS) is 22.1. The molecule has 0 spiro atoms. The molecular weight excluding hydrogens is 264 g/mol. The summed E-state index contributed by atoms with van der Waals surface area (Å²) >= 11 is 0. The molecule has 1 N–H and O–H groups in total. The van der Waals surface area contributed by atoms with Gasteiger partial charge in [-0.3, -0.25) is 14.9 Å². The number of nitrogens with one attached hydrogen (secondary N) is 1. The minimum atomic E-state index is -0.523. The van der Waals surface area contributed by atoms with Crippen molar-refractivity contribution >= 4 is 23.3 Å². The number of imide groups is 1. The molecule has 104 valence electrons. The molecule has 2 aliphatic heterocycles. The summed E-state index contributed by atoms with van der Waals surface area (Å²) in [7, 11) is 0. The Morgan fingerprint density at radius 3 is 2.55 bits per heavy atom. The Labute approximate surface area is 114 Å². The van der Waals surface area contributed by atoms with E-state index in [1.165, 1.54) is 29.2 Å². The highest BCUT2D eigenvalue weighted by Gasteiger charge is 2.46. The maximum absolute atomic E-state index is 12.3. The molecule has 2 saturated heterocycles. The van der Waals surface area contributed by atoms with Gasteiger partial charge in [0.25, 0.3) is 11.6 Å². The molecule has 3 amide bonds. The largest absolute Gasteiger partial charge is 0.332 e. The second-order valence-corrected chi connectivity index (χ2v) is 4.64. The highest BCUT2D eigenvalue weighted by Crippen LogP contribution is 2.27. The minimum absolute atomic E-state index is 0.0766. The number of rotatable bonds is 2. The summed E-state index contributed by atoms with van der Waals surface area (Å²) in [6.07, 6.45) is 0. The summed E-state index contributed by atoms with van der Waals surface area (Å²) < 4.78 is 0. The fourth-order valence-corrected chi connectivity index (χ4v) is 2.49. The first-order valence-corrected chi connectivity index (χ1v) is 6.19. The number of hydrogen-bond acceptors (Lipinski definition) is 5. The van der Waals surface area contributed by atoms with Gasteiger partial charge in [0.15, 0.2) is 0 Å². The van der Waals surface area contributed by atoms with Crippen molar-refractivity contribution in [2.45, 2.75) is 6.04 Å². The highest BCUT2D eigenvalue weighted by molar-refractivity contribution is 6.21. The molecule has 2 aliphatic rings. The third-order valence-electron chi connectivity index (χ3n) is 3.50. The molecule has 0 aliphatic carbocycles. The molecule has 8 heteroatoms. The van der Waals surface area contributed by atoms with Gasteiger partial charge in [0.05, 0.1) is 10.6 Å². The van der Waals surface area contributed by atoms with Gasteiger partial charge in [0.1, 0.15) is 6.04 Å².